The van der Waals surface area contributed by atoms with E-state index in [9.17, 15) is 0 Å². The van der Waals surface area contributed by atoms with Crippen LogP contribution in [0.3, 0.4) is 0 Å². The number of hydrogen-bond acceptors (Lipinski definition) is 5. The van der Waals surface area contributed by atoms with Gasteiger partial charge in [-0.3, -0.25) is 9.55 Å². The molecule has 0 amide bonds. The number of benzene rings is 6. The molecule has 0 aliphatic carbocycles. The van der Waals surface area contributed by atoms with Gasteiger partial charge in [0.25, 0.3) is 0 Å². The number of pyridine rings is 1. The van der Waals surface area contributed by atoms with Gasteiger partial charge in [-0.1, -0.05) is 103 Å². The fraction of sp³-hybridized carbons (Fsp3) is 0. The Balaban J connectivity index is 1.23. The molecule has 0 aliphatic heterocycles. The van der Waals surface area contributed by atoms with Crippen molar-refractivity contribution in [3.8, 4) is 34.4 Å². The first-order valence-corrected chi connectivity index (χ1v) is 16.9. The molecule has 0 radical (unpaired) electrons. The van der Waals surface area contributed by atoms with E-state index in [0.29, 0.717) is 17.6 Å². The van der Waals surface area contributed by atoms with Crippen molar-refractivity contribution in [2.45, 2.75) is 0 Å². The largest absolute Gasteiger partial charge is 0.456 e. The summed E-state index contributed by atoms with van der Waals surface area (Å²) in [6, 6.07) is 50.3. The summed E-state index contributed by atoms with van der Waals surface area (Å²) < 4.78 is 10.8. The molecule has 0 aliphatic rings. The van der Waals surface area contributed by atoms with Crippen molar-refractivity contribution in [1.29, 1.82) is 0 Å². The van der Waals surface area contributed by atoms with Crippen molar-refractivity contribution in [2.75, 3.05) is 0 Å². The Hall–Kier alpha value is -7.12. The molecule has 0 bridgehead atoms. The molecule has 0 saturated heterocycles. The molecule has 5 aromatic heterocycles. The number of aromatic nitrogens is 6. The van der Waals surface area contributed by atoms with Crippen LogP contribution in [0.15, 0.2) is 162 Å². The summed E-state index contributed by atoms with van der Waals surface area (Å²) in [6.07, 6.45) is 3.59. The fourth-order valence-corrected chi connectivity index (χ4v) is 7.67. The number of hydrogen-bond donors (Lipinski definition) is 0. The molecule has 5 heterocycles. The zero-order valence-corrected chi connectivity index (χ0v) is 27.1. The van der Waals surface area contributed by atoms with E-state index in [-0.39, 0.29) is 0 Å². The molecule has 0 saturated carbocycles. The van der Waals surface area contributed by atoms with E-state index in [1.54, 1.807) is 6.20 Å². The van der Waals surface area contributed by atoms with Gasteiger partial charge in [0.05, 0.1) is 22.1 Å². The van der Waals surface area contributed by atoms with Gasteiger partial charge in [-0.25, -0.2) is 4.98 Å². The number of furan rings is 1. The quantitative estimate of drug-likeness (QED) is 0.189. The van der Waals surface area contributed by atoms with Crippen LogP contribution in [-0.2, 0) is 0 Å². The minimum atomic E-state index is 0.535. The Bertz CT molecular complexity index is 3100. The van der Waals surface area contributed by atoms with E-state index in [1.165, 1.54) is 10.8 Å². The second-order valence-electron chi connectivity index (χ2n) is 12.7. The molecule has 11 rings (SSSR count). The third kappa shape index (κ3) is 4.12. The highest BCUT2D eigenvalue weighted by atomic mass is 16.3. The minimum Gasteiger partial charge on any atom is -0.456 e. The van der Waals surface area contributed by atoms with Crippen molar-refractivity contribution in [3.63, 3.8) is 0 Å². The highest BCUT2D eigenvalue weighted by Crippen LogP contribution is 2.38. The smallest absolute Gasteiger partial charge is 0.238 e. The van der Waals surface area contributed by atoms with Crippen molar-refractivity contribution >= 4 is 65.6 Å². The first kappa shape index (κ1) is 27.8. The fourth-order valence-electron chi connectivity index (χ4n) is 7.67. The molecule has 238 valence electrons. The van der Waals surface area contributed by atoms with Crippen molar-refractivity contribution in [2.24, 2.45) is 0 Å². The number of fused-ring (bicyclic) bond motifs is 9. The van der Waals surface area contributed by atoms with E-state index in [2.05, 4.69) is 105 Å². The van der Waals surface area contributed by atoms with Gasteiger partial charge in [0, 0.05) is 61.5 Å². The average molecular weight is 655 g/mol. The van der Waals surface area contributed by atoms with Crippen LogP contribution in [0.25, 0.3) is 100.0 Å². The van der Waals surface area contributed by atoms with Crippen molar-refractivity contribution < 1.29 is 4.42 Å². The van der Waals surface area contributed by atoms with E-state index in [4.69, 9.17) is 19.4 Å². The van der Waals surface area contributed by atoms with Gasteiger partial charge in [-0.05, 0) is 42.5 Å². The molecule has 0 N–H and O–H groups in total. The second-order valence-corrected chi connectivity index (χ2v) is 12.7. The Labute approximate surface area is 290 Å². The normalized spacial score (nSPS) is 11.9. The van der Waals surface area contributed by atoms with Crippen molar-refractivity contribution in [1.82, 2.24) is 29.1 Å². The monoisotopic (exact) mass is 654 g/mol. The second kappa shape index (κ2) is 10.7. The highest BCUT2D eigenvalue weighted by Gasteiger charge is 2.21. The maximum absolute atomic E-state index is 6.24. The lowest BCUT2D eigenvalue weighted by atomic mass is 10.1. The van der Waals surface area contributed by atoms with Crippen LogP contribution in [0.4, 0.5) is 0 Å². The predicted octanol–water partition coefficient (Wildman–Crippen LogP) is 10.7. The van der Waals surface area contributed by atoms with Gasteiger partial charge in [0.2, 0.25) is 5.95 Å². The van der Waals surface area contributed by atoms with Gasteiger partial charge >= 0.3 is 0 Å². The first-order valence-electron chi connectivity index (χ1n) is 16.9. The van der Waals surface area contributed by atoms with Crippen LogP contribution in [0.1, 0.15) is 0 Å². The zero-order valence-electron chi connectivity index (χ0n) is 27.1. The van der Waals surface area contributed by atoms with Crippen LogP contribution in [-0.4, -0.2) is 29.1 Å². The third-order valence-corrected chi connectivity index (χ3v) is 9.89. The summed E-state index contributed by atoms with van der Waals surface area (Å²) in [5, 5.41) is 6.52. The SMILES string of the molecule is c1ccc(-c2nc(-c3cccc4oc5ccncc5c34)nc(-n3c4ccccc4c4ccc(-n5c6ccccc6c6ccccc65)cc43)n2)cc1. The zero-order chi connectivity index (χ0) is 33.5. The lowest BCUT2D eigenvalue weighted by molar-refractivity contribution is 0.668. The van der Waals surface area contributed by atoms with E-state index < -0.39 is 0 Å². The number of nitrogens with zero attached hydrogens (tertiary/aromatic N) is 6. The summed E-state index contributed by atoms with van der Waals surface area (Å²) in [5.74, 6) is 1.68. The van der Waals surface area contributed by atoms with E-state index in [0.717, 1.165) is 71.6 Å². The Morgan fingerprint density at radius 1 is 0.451 bits per heavy atom. The maximum atomic E-state index is 6.24. The first-order chi connectivity index (χ1) is 25.3. The van der Waals surface area contributed by atoms with E-state index in [1.807, 2.05) is 60.8 Å². The summed E-state index contributed by atoms with van der Waals surface area (Å²) in [7, 11) is 0. The molecular weight excluding hydrogens is 629 g/mol. The van der Waals surface area contributed by atoms with Crippen LogP contribution >= 0.6 is 0 Å². The van der Waals surface area contributed by atoms with Gasteiger partial charge in [-0.2, -0.15) is 9.97 Å². The Kier molecular flexibility index (Phi) is 5.83. The molecule has 6 aromatic carbocycles. The Morgan fingerprint density at radius 2 is 1.10 bits per heavy atom. The van der Waals surface area contributed by atoms with Crippen LogP contribution in [0.5, 0.6) is 0 Å². The molecule has 0 atom stereocenters. The van der Waals surface area contributed by atoms with Gasteiger partial charge in [0.1, 0.15) is 11.2 Å². The average Bonchev–Trinajstić information content (AvgIpc) is 3.85. The van der Waals surface area contributed by atoms with E-state index >= 15 is 0 Å². The molecule has 51 heavy (non-hydrogen) atoms. The van der Waals surface area contributed by atoms with Crippen LogP contribution in [0.2, 0.25) is 0 Å². The van der Waals surface area contributed by atoms with Gasteiger partial charge in [0.15, 0.2) is 11.6 Å². The van der Waals surface area contributed by atoms with Crippen LogP contribution < -0.4 is 0 Å². The highest BCUT2D eigenvalue weighted by molar-refractivity contribution is 6.13. The lowest BCUT2D eigenvalue weighted by Gasteiger charge is -2.12. The minimum absolute atomic E-state index is 0.535. The number of para-hydroxylation sites is 3. The topological polar surface area (TPSA) is 74.6 Å². The molecule has 11 aromatic rings. The summed E-state index contributed by atoms with van der Waals surface area (Å²) in [5.41, 5.74) is 8.67. The Morgan fingerprint density at radius 3 is 1.84 bits per heavy atom. The summed E-state index contributed by atoms with van der Waals surface area (Å²) in [4.78, 5) is 20.0. The standard InChI is InChI=1S/C44H26N6O/c1-2-11-27(12-3-1)42-46-43(33-16-10-20-40-41(33)34-26-45-24-23-39(34)51-40)48-44(47-42)50-37-19-9-6-15-31(37)32-22-21-28(25-38(32)50)49-35-17-7-4-13-29(35)30-14-5-8-18-36(30)49/h1-26H. The lowest BCUT2D eigenvalue weighted by Crippen LogP contribution is -2.06. The third-order valence-electron chi connectivity index (χ3n) is 9.89. The van der Waals surface area contributed by atoms with Gasteiger partial charge in [-0.15, -0.1) is 0 Å². The molecule has 7 heteroatoms. The molecule has 0 spiro atoms. The van der Waals surface area contributed by atoms with Gasteiger partial charge < -0.3 is 8.98 Å². The molecule has 0 fully saturated rings. The molecule has 7 nitrogen and oxygen atoms in total. The summed E-state index contributed by atoms with van der Waals surface area (Å²) in [6.45, 7) is 0. The molecule has 0 unspecified atom stereocenters. The maximum Gasteiger partial charge on any atom is 0.238 e. The summed E-state index contributed by atoms with van der Waals surface area (Å²) >= 11 is 0. The van der Waals surface area contributed by atoms with Crippen molar-refractivity contribution in [3.05, 3.63) is 158 Å². The number of rotatable bonds is 4. The molecular formula is C44H26N6O. The predicted molar refractivity (Wildman–Crippen MR) is 204 cm³/mol. The van der Waals surface area contributed by atoms with Crippen LogP contribution in [0, 0.1) is 0 Å².